The molecule has 0 amide bonds. The minimum Gasteiger partial charge on any atom is -0.463 e. The number of carbonyl (C=O) groups excluding carboxylic acids is 4. The Bertz CT molecular complexity index is 893. The lowest BCUT2D eigenvalue weighted by atomic mass is 9.44. The highest BCUT2D eigenvalue weighted by molar-refractivity contribution is 5.94. The van der Waals surface area contributed by atoms with Crippen molar-refractivity contribution in [3.8, 4) is 0 Å². The zero-order valence-corrected chi connectivity index (χ0v) is 21.4. The molecule has 0 saturated heterocycles. The third-order valence-electron chi connectivity index (χ3n) is 11.5. The molecule has 5 aliphatic carbocycles. The predicted octanol–water partition coefficient (Wildman–Crippen LogP) is 5.33. The van der Waals surface area contributed by atoms with Crippen molar-refractivity contribution in [3.63, 3.8) is 0 Å². The molecule has 188 valence electrons. The monoisotopic (exact) mass is 470 g/mol. The molecular weight excluding hydrogens is 428 g/mol. The van der Waals surface area contributed by atoms with E-state index in [0.717, 1.165) is 57.8 Å². The standard InChI is InChI=1S/C29H42O5/c1-16(30)27-22(20-7-5-6-8-25(20)32)14-24-21-10-9-18-13-19(34-17(2)31)11-12-28(18,3)23(21)15-26(33)29(24,27)4/h18-24,27H,5-15H2,1-4H3/t18-,19-,20-,21+,22-,23-,24-,27-,28-,29+/m0/s1. The van der Waals surface area contributed by atoms with Gasteiger partial charge in [-0.25, -0.2) is 0 Å². The van der Waals surface area contributed by atoms with Gasteiger partial charge in [-0.05, 0) is 93.3 Å². The molecule has 5 aliphatic rings. The maximum absolute atomic E-state index is 14.0. The van der Waals surface area contributed by atoms with E-state index in [2.05, 4.69) is 13.8 Å². The first-order valence-electron chi connectivity index (χ1n) is 13.8. The number of fused-ring (bicyclic) bond motifs is 5. The van der Waals surface area contributed by atoms with Crippen molar-refractivity contribution in [1.82, 2.24) is 0 Å². The van der Waals surface area contributed by atoms with Crippen LogP contribution in [0.1, 0.15) is 98.3 Å². The summed E-state index contributed by atoms with van der Waals surface area (Å²) in [4.78, 5) is 51.6. The van der Waals surface area contributed by atoms with E-state index in [1.165, 1.54) is 6.92 Å². The molecule has 5 fully saturated rings. The summed E-state index contributed by atoms with van der Waals surface area (Å²) in [6.07, 6.45) is 9.94. The summed E-state index contributed by atoms with van der Waals surface area (Å²) in [5.41, 5.74) is -0.533. The molecule has 5 saturated carbocycles. The van der Waals surface area contributed by atoms with E-state index >= 15 is 0 Å². The lowest BCUT2D eigenvalue weighted by Crippen LogP contribution is -2.57. The number of Topliss-reactive ketones (excluding diaryl/α,β-unsaturated/α-hetero) is 3. The smallest absolute Gasteiger partial charge is 0.302 e. The summed E-state index contributed by atoms with van der Waals surface area (Å²) in [5, 5.41) is 0. The summed E-state index contributed by atoms with van der Waals surface area (Å²) in [6, 6.07) is 0. The predicted molar refractivity (Wildman–Crippen MR) is 128 cm³/mol. The first-order valence-corrected chi connectivity index (χ1v) is 13.8. The van der Waals surface area contributed by atoms with Gasteiger partial charge in [-0.2, -0.15) is 0 Å². The number of hydrogen-bond acceptors (Lipinski definition) is 5. The van der Waals surface area contributed by atoms with Crippen molar-refractivity contribution in [2.45, 2.75) is 104 Å². The zero-order chi connectivity index (χ0) is 24.4. The van der Waals surface area contributed by atoms with E-state index in [1.807, 2.05) is 0 Å². The van der Waals surface area contributed by atoms with E-state index < -0.39 is 5.41 Å². The first-order chi connectivity index (χ1) is 16.1. The maximum atomic E-state index is 14.0. The fourth-order valence-electron chi connectivity index (χ4n) is 9.96. The Kier molecular flexibility index (Phi) is 6.08. The number of ether oxygens (including phenoxy) is 1. The molecule has 0 aromatic heterocycles. The van der Waals surface area contributed by atoms with Crippen LogP contribution in [0.5, 0.6) is 0 Å². The zero-order valence-electron chi connectivity index (χ0n) is 21.4. The molecule has 5 heteroatoms. The van der Waals surface area contributed by atoms with Crippen LogP contribution in [0.2, 0.25) is 0 Å². The summed E-state index contributed by atoms with van der Waals surface area (Å²) in [7, 11) is 0. The Morgan fingerprint density at radius 3 is 2.35 bits per heavy atom. The average molecular weight is 471 g/mol. The molecule has 34 heavy (non-hydrogen) atoms. The quantitative estimate of drug-likeness (QED) is 0.521. The Morgan fingerprint density at radius 1 is 0.912 bits per heavy atom. The van der Waals surface area contributed by atoms with Crippen LogP contribution in [0.4, 0.5) is 0 Å². The van der Waals surface area contributed by atoms with Gasteiger partial charge in [0.25, 0.3) is 0 Å². The number of hydrogen-bond donors (Lipinski definition) is 0. The van der Waals surface area contributed by atoms with E-state index in [-0.39, 0.29) is 52.7 Å². The van der Waals surface area contributed by atoms with Gasteiger partial charge in [-0.1, -0.05) is 20.3 Å². The molecule has 0 aromatic carbocycles. The number of rotatable bonds is 3. The average Bonchev–Trinajstić information content (AvgIpc) is 3.09. The molecule has 0 heterocycles. The second-order valence-corrected chi connectivity index (χ2v) is 12.9. The molecule has 0 radical (unpaired) electrons. The van der Waals surface area contributed by atoms with Gasteiger partial charge in [0.05, 0.1) is 0 Å². The van der Waals surface area contributed by atoms with Crippen molar-refractivity contribution in [3.05, 3.63) is 0 Å². The van der Waals surface area contributed by atoms with Crippen LogP contribution < -0.4 is 0 Å². The largest absolute Gasteiger partial charge is 0.463 e. The molecule has 0 N–H and O–H groups in total. The topological polar surface area (TPSA) is 77.5 Å². The highest BCUT2D eigenvalue weighted by atomic mass is 16.5. The van der Waals surface area contributed by atoms with E-state index in [1.54, 1.807) is 6.92 Å². The first kappa shape index (κ1) is 24.2. The maximum Gasteiger partial charge on any atom is 0.302 e. The minimum atomic E-state index is -0.618. The van der Waals surface area contributed by atoms with Crippen molar-refractivity contribution in [1.29, 1.82) is 0 Å². The van der Waals surface area contributed by atoms with Gasteiger partial charge in [-0.3, -0.25) is 19.2 Å². The van der Waals surface area contributed by atoms with E-state index in [4.69, 9.17) is 4.74 Å². The highest BCUT2D eigenvalue weighted by Crippen LogP contribution is 2.68. The third-order valence-corrected chi connectivity index (χ3v) is 11.5. The van der Waals surface area contributed by atoms with Crippen molar-refractivity contribution >= 4 is 23.3 Å². The van der Waals surface area contributed by atoms with Gasteiger partial charge in [0, 0.05) is 37.0 Å². The van der Waals surface area contributed by atoms with Crippen LogP contribution in [0, 0.1) is 52.3 Å². The Labute approximate surface area is 204 Å². The molecule has 5 nitrogen and oxygen atoms in total. The van der Waals surface area contributed by atoms with Gasteiger partial charge in [0.15, 0.2) is 0 Å². The highest BCUT2D eigenvalue weighted by Gasteiger charge is 2.67. The van der Waals surface area contributed by atoms with Gasteiger partial charge in [0.1, 0.15) is 23.5 Å². The SMILES string of the molecule is CC(=O)O[C@H]1CC[C@@]2(C)[C@@H](CC[C@@H]3[C@@H]2CC(=O)[C@@]2(C)[C@H]3C[C@@H]([C@@H]3CCCCC3=O)[C@@H]2C(C)=O)C1. The molecule has 10 atom stereocenters. The minimum absolute atomic E-state index is 0.00644. The Morgan fingerprint density at radius 2 is 1.68 bits per heavy atom. The molecule has 5 rings (SSSR count). The van der Waals surface area contributed by atoms with E-state index in [9.17, 15) is 19.2 Å². The summed E-state index contributed by atoms with van der Waals surface area (Å²) < 4.78 is 5.58. The van der Waals surface area contributed by atoms with Crippen LogP contribution in [0.3, 0.4) is 0 Å². The summed E-state index contributed by atoms with van der Waals surface area (Å²) >= 11 is 0. The van der Waals surface area contributed by atoms with E-state index in [0.29, 0.717) is 36.4 Å². The van der Waals surface area contributed by atoms with Crippen molar-refractivity contribution in [2.75, 3.05) is 0 Å². The van der Waals surface area contributed by atoms with Crippen LogP contribution in [0.25, 0.3) is 0 Å². The fourth-order valence-corrected chi connectivity index (χ4v) is 9.96. The molecule has 0 aromatic rings. The molecular formula is C29H42O5. The molecule has 0 bridgehead atoms. The van der Waals surface area contributed by atoms with Gasteiger partial charge in [-0.15, -0.1) is 0 Å². The van der Waals surface area contributed by atoms with Crippen molar-refractivity contribution < 1.29 is 23.9 Å². The Hall–Kier alpha value is -1.52. The lowest BCUT2D eigenvalue weighted by molar-refractivity contribution is -0.167. The van der Waals surface area contributed by atoms with Gasteiger partial charge in [0.2, 0.25) is 0 Å². The number of ketones is 3. The van der Waals surface area contributed by atoms with Crippen LogP contribution >= 0.6 is 0 Å². The number of esters is 1. The molecule has 0 unspecified atom stereocenters. The summed E-state index contributed by atoms with van der Waals surface area (Å²) in [5.74, 6) is 1.67. The number of carbonyl (C=O) groups is 4. The molecule has 0 spiro atoms. The van der Waals surface area contributed by atoms with Crippen LogP contribution in [-0.2, 0) is 23.9 Å². The van der Waals surface area contributed by atoms with Crippen LogP contribution in [-0.4, -0.2) is 29.4 Å². The summed E-state index contributed by atoms with van der Waals surface area (Å²) in [6.45, 7) is 7.62. The second kappa shape index (κ2) is 8.55. The van der Waals surface area contributed by atoms with Gasteiger partial charge < -0.3 is 4.74 Å². The van der Waals surface area contributed by atoms with Crippen LogP contribution in [0.15, 0.2) is 0 Å². The van der Waals surface area contributed by atoms with Crippen molar-refractivity contribution in [2.24, 2.45) is 52.3 Å². The second-order valence-electron chi connectivity index (χ2n) is 12.9. The third kappa shape index (κ3) is 3.54. The molecule has 0 aliphatic heterocycles. The fraction of sp³-hybridized carbons (Fsp3) is 0.862. The van der Waals surface area contributed by atoms with Gasteiger partial charge >= 0.3 is 5.97 Å². The normalized spacial score (nSPS) is 48.5. The Balaban J connectivity index is 1.45. The lowest BCUT2D eigenvalue weighted by Gasteiger charge is -2.60.